The van der Waals surface area contributed by atoms with E-state index < -0.39 is 5.63 Å². The van der Waals surface area contributed by atoms with Crippen molar-refractivity contribution in [1.29, 1.82) is 0 Å². The molecule has 8 heteroatoms. The first-order chi connectivity index (χ1) is 13.6. The number of nitrogens with one attached hydrogen (secondary N) is 1. The number of anilines is 1. The van der Waals surface area contributed by atoms with Gasteiger partial charge in [-0.1, -0.05) is 11.6 Å². The van der Waals surface area contributed by atoms with Crippen molar-refractivity contribution in [3.8, 4) is 17.0 Å². The second-order valence-corrected chi connectivity index (χ2v) is 7.11. The fourth-order valence-corrected chi connectivity index (χ4v) is 3.41. The van der Waals surface area contributed by atoms with Gasteiger partial charge in [0.15, 0.2) is 0 Å². The van der Waals surface area contributed by atoms with Crippen molar-refractivity contribution in [2.75, 3.05) is 12.5 Å². The van der Waals surface area contributed by atoms with Crippen molar-refractivity contribution in [3.05, 3.63) is 74.9 Å². The summed E-state index contributed by atoms with van der Waals surface area (Å²) < 4.78 is 10.5. The summed E-state index contributed by atoms with van der Waals surface area (Å²) in [5.74, 6) is 0.783. The molecule has 2 heterocycles. The predicted molar refractivity (Wildman–Crippen MR) is 113 cm³/mol. The molecule has 4 aromatic rings. The van der Waals surface area contributed by atoms with Gasteiger partial charge in [-0.15, -0.1) is 11.3 Å². The zero-order valence-corrected chi connectivity index (χ0v) is 16.3. The van der Waals surface area contributed by atoms with Crippen molar-refractivity contribution in [1.82, 2.24) is 4.98 Å². The summed E-state index contributed by atoms with van der Waals surface area (Å²) in [7, 11) is 1.62. The molecule has 0 radical (unpaired) electrons. The number of benzene rings is 2. The Morgan fingerprint density at radius 1 is 1.21 bits per heavy atom. The molecule has 2 aromatic carbocycles. The summed E-state index contributed by atoms with van der Waals surface area (Å²) >= 11 is 7.36. The quantitative estimate of drug-likeness (QED) is 0.283. The third-order valence-corrected chi connectivity index (χ3v) is 4.95. The van der Waals surface area contributed by atoms with Gasteiger partial charge in [-0.2, -0.15) is 5.10 Å². The standard InChI is InChI=1S/C20H14ClN3O3S/c1-26-15-5-2-12(3-6-15)10-22-24-20-23-17(11-28-20)16-9-13-8-14(21)4-7-18(13)27-19(16)25/h2-11H,1H3,(H,23,24)/b22-10+. The van der Waals surface area contributed by atoms with Crippen LogP contribution in [0, 0.1) is 0 Å². The molecule has 4 rings (SSSR count). The lowest BCUT2D eigenvalue weighted by atomic mass is 10.1. The Bertz CT molecular complexity index is 1220. The van der Waals surface area contributed by atoms with Gasteiger partial charge >= 0.3 is 5.63 Å². The van der Waals surface area contributed by atoms with Gasteiger partial charge in [0.2, 0.25) is 5.13 Å². The van der Waals surface area contributed by atoms with Crippen LogP contribution >= 0.6 is 22.9 Å². The van der Waals surface area contributed by atoms with Crippen LogP contribution in [-0.2, 0) is 0 Å². The highest BCUT2D eigenvalue weighted by atomic mass is 35.5. The lowest BCUT2D eigenvalue weighted by Crippen LogP contribution is -2.03. The van der Waals surface area contributed by atoms with Crippen LogP contribution in [0.3, 0.4) is 0 Å². The lowest BCUT2D eigenvalue weighted by molar-refractivity contribution is 0.415. The largest absolute Gasteiger partial charge is 0.497 e. The molecule has 140 valence electrons. The van der Waals surface area contributed by atoms with E-state index in [0.717, 1.165) is 16.7 Å². The summed E-state index contributed by atoms with van der Waals surface area (Å²) in [5.41, 5.74) is 4.70. The van der Waals surface area contributed by atoms with Crippen LogP contribution in [-0.4, -0.2) is 18.3 Å². The number of fused-ring (bicyclic) bond motifs is 1. The number of hydrazone groups is 1. The van der Waals surface area contributed by atoms with Crippen molar-refractivity contribution < 1.29 is 9.15 Å². The topological polar surface area (TPSA) is 76.7 Å². The number of aromatic nitrogens is 1. The predicted octanol–water partition coefficient (Wildman–Crippen LogP) is 5.02. The molecule has 0 saturated carbocycles. The molecule has 6 nitrogen and oxygen atoms in total. The Balaban J connectivity index is 1.54. The first kappa shape index (κ1) is 18.2. The normalized spacial score (nSPS) is 11.2. The minimum absolute atomic E-state index is 0.373. The molecule has 0 amide bonds. The van der Waals surface area contributed by atoms with E-state index in [2.05, 4.69) is 15.5 Å². The van der Waals surface area contributed by atoms with E-state index >= 15 is 0 Å². The number of nitrogens with zero attached hydrogens (tertiary/aromatic N) is 2. The van der Waals surface area contributed by atoms with Crippen LogP contribution in [0.1, 0.15) is 5.56 Å². The monoisotopic (exact) mass is 411 g/mol. The van der Waals surface area contributed by atoms with Gasteiger partial charge in [0.05, 0.1) is 24.6 Å². The maximum Gasteiger partial charge on any atom is 0.345 e. The van der Waals surface area contributed by atoms with Gasteiger partial charge < -0.3 is 9.15 Å². The summed E-state index contributed by atoms with van der Waals surface area (Å²) in [6, 6.07) is 14.3. The fourth-order valence-electron chi connectivity index (χ4n) is 2.57. The molecule has 2 aromatic heterocycles. The summed E-state index contributed by atoms with van der Waals surface area (Å²) in [5, 5.41) is 7.81. The van der Waals surface area contributed by atoms with E-state index in [-0.39, 0.29) is 0 Å². The lowest BCUT2D eigenvalue weighted by Gasteiger charge is -2.00. The van der Waals surface area contributed by atoms with Gasteiger partial charge in [0, 0.05) is 15.8 Å². The minimum Gasteiger partial charge on any atom is -0.497 e. The maximum absolute atomic E-state index is 12.3. The second-order valence-electron chi connectivity index (χ2n) is 5.81. The molecule has 0 fully saturated rings. The minimum atomic E-state index is -0.451. The SMILES string of the molecule is COc1ccc(/C=N/Nc2nc(-c3cc4cc(Cl)ccc4oc3=O)cs2)cc1. The number of ether oxygens (including phenoxy) is 1. The molecule has 0 aliphatic heterocycles. The van der Waals surface area contributed by atoms with Gasteiger partial charge in [-0.3, -0.25) is 5.43 Å². The van der Waals surface area contributed by atoms with Crippen molar-refractivity contribution >= 4 is 45.3 Å². The van der Waals surface area contributed by atoms with Crippen LogP contribution in [0.4, 0.5) is 5.13 Å². The highest BCUT2D eigenvalue weighted by Gasteiger charge is 2.11. The fraction of sp³-hybridized carbons (Fsp3) is 0.0500. The van der Waals surface area contributed by atoms with E-state index in [9.17, 15) is 4.79 Å². The van der Waals surface area contributed by atoms with Crippen LogP contribution < -0.4 is 15.8 Å². The first-order valence-corrected chi connectivity index (χ1v) is 9.50. The van der Waals surface area contributed by atoms with Gasteiger partial charge in [-0.05, 0) is 54.1 Å². The number of methoxy groups -OCH3 is 1. The molecule has 0 aliphatic rings. The third-order valence-electron chi connectivity index (χ3n) is 3.96. The van der Waals surface area contributed by atoms with E-state index in [1.54, 1.807) is 43.0 Å². The molecule has 0 aliphatic carbocycles. The van der Waals surface area contributed by atoms with Gasteiger partial charge in [0.1, 0.15) is 11.3 Å². The number of thiazole rings is 1. The Kier molecular flexibility index (Phi) is 5.10. The highest BCUT2D eigenvalue weighted by molar-refractivity contribution is 7.14. The molecule has 0 atom stereocenters. The Morgan fingerprint density at radius 3 is 2.82 bits per heavy atom. The van der Waals surface area contributed by atoms with Crippen molar-refractivity contribution in [2.45, 2.75) is 0 Å². The van der Waals surface area contributed by atoms with Crippen molar-refractivity contribution in [2.24, 2.45) is 5.10 Å². The average Bonchev–Trinajstić information content (AvgIpc) is 3.17. The first-order valence-electron chi connectivity index (χ1n) is 8.25. The molecular weight excluding hydrogens is 398 g/mol. The summed E-state index contributed by atoms with van der Waals surface area (Å²) in [4.78, 5) is 16.7. The molecule has 28 heavy (non-hydrogen) atoms. The Labute approximate surface area is 169 Å². The van der Waals surface area contributed by atoms with Gasteiger partial charge in [0.25, 0.3) is 0 Å². The van der Waals surface area contributed by atoms with Crippen molar-refractivity contribution in [3.63, 3.8) is 0 Å². The third kappa shape index (κ3) is 3.90. The highest BCUT2D eigenvalue weighted by Crippen LogP contribution is 2.26. The Morgan fingerprint density at radius 2 is 2.04 bits per heavy atom. The molecule has 0 bridgehead atoms. The van der Waals surface area contributed by atoms with Crippen LogP contribution in [0.15, 0.2) is 68.2 Å². The second kappa shape index (κ2) is 7.84. The summed E-state index contributed by atoms with van der Waals surface area (Å²) in [6.07, 6.45) is 1.67. The zero-order valence-electron chi connectivity index (χ0n) is 14.7. The van der Waals surface area contributed by atoms with Crippen LogP contribution in [0.5, 0.6) is 5.75 Å². The number of hydrogen-bond donors (Lipinski definition) is 1. The Hall–Kier alpha value is -3.16. The number of rotatable bonds is 5. The molecular formula is C20H14ClN3O3S. The molecule has 1 N–H and O–H groups in total. The van der Waals surface area contributed by atoms with Crippen LogP contribution in [0.25, 0.3) is 22.2 Å². The van der Waals surface area contributed by atoms with E-state index in [4.69, 9.17) is 20.8 Å². The number of halogens is 1. The number of hydrogen-bond acceptors (Lipinski definition) is 7. The van der Waals surface area contributed by atoms with E-state index in [1.165, 1.54) is 11.3 Å². The zero-order chi connectivity index (χ0) is 19.5. The molecule has 0 unspecified atom stereocenters. The molecule has 0 saturated heterocycles. The molecule has 0 spiro atoms. The summed E-state index contributed by atoms with van der Waals surface area (Å²) in [6.45, 7) is 0. The van der Waals surface area contributed by atoms with E-state index in [0.29, 0.717) is 27.0 Å². The smallest absolute Gasteiger partial charge is 0.345 e. The van der Waals surface area contributed by atoms with E-state index in [1.807, 2.05) is 24.3 Å². The average molecular weight is 412 g/mol. The van der Waals surface area contributed by atoms with Gasteiger partial charge in [-0.25, -0.2) is 9.78 Å². The van der Waals surface area contributed by atoms with Crippen LogP contribution in [0.2, 0.25) is 5.02 Å². The maximum atomic E-state index is 12.3.